The van der Waals surface area contributed by atoms with E-state index in [0.29, 0.717) is 40.8 Å². The van der Waals surface area contributed by atoms with E-state index >= 15 is 0 Å². The quantitative estimate of drug-likeness (QED) is 0.243. The number of amides is 2. The van der Waals surface area contributed by atoms with Crippen molar-refractivity contribution in [1.82, 2.24) is 9.80 Å². The molecule has 35 heavy (non-hydrogen) atoms. The summed E-state index contributed by atoms with van der Waals surface area (Å²) in [5.41, 5.74) is 7.10. The van der Waals surface area contributed by atoms with Crippen LogP contribution < -0.4 is 10.5 Å². The van der Waals surface area contributed by atoms with Crippen molar-refractivity contribution in [3.8, 4) is 5.75 Å². The summed E-state index contributed by atoms with van der Waals surface area (Å²) in [5.74, 6) is -2.33. The van der Waals surface area contributed by atoms with Gasteiger partial charge in [-0.1, -0.05) is 25.1 Å². The van der Waals surface area contributed by atoms with Crippen molar-refractivity contribution in [3.05, 3.63) is 65.9 Å². The Labute approximate surface area is 201 Å². The number of para-hydroxylation sites is 1. The van der Waals surface area contributed by atoms with Crippen LogP contribution in [0.1, 0.15) is 36.9 Å². The number of ether oxygens (including phenoxy) is 1. The number of nitrogens with zero attached hydrogens (tertiary/aromatic N) is 2. The Morgan fingerprint density at radius 2 is 1.91 bits per heavy atom. The molecule has 4 rings (SSSR count). The lowest BCUT2D eigenvalue weighted by Gasteiger charge is -2.42. The minimum absolute atomic E-state index is 0.0313. The molecular weight excluding hydrogens is 452 g/mol. The van der Waals surface area contributed by atoms with Crippen molar-refractivity contribution in [2.24, 2.45) is 5.73 Å². The van der Waals surface area contributed by atoms with Crippen LogP contribution >= 0.6 is 0 Å². The van der Waals surface area contributed by atoms with Crippen molar-refractivity contribution in [2.75, 3.05) is 13.1 Å². The second-order valence-corrected chi connectivity index (χ2v) is 8.27. The van der Waals surface area contributed by atoms with Gasteiger partial charge in [0.2, 0.25) is 0 Å². The van der Waals surface area contributed by atoms with Gasteiger partial charge >= 0.3 is 17.8 Å². The van der Waals surface area contributed by atoms with Crippen LogP contribution in [0.25, 0.3) is 11.0 Å². The molecule has 182 valence electrons. The Balaban J connectivity index is 1.69. The SMILES string of the molecule is CCCN1C(=O)C(=O)N(C(CC(=O)O)c2coc3ccccc23)CC1Oc1ccc(C(=N)N)cc1. The Morgan fingerprint density at radius 1 is 1.20 bits per heavy atom. The molecule has 2 heterocycles. The van der Waals surface area contributed by atoms with E-state index in [4.69, 9.17) is 20.3 Å². The fourth-order valence-electron chi connectivity index (χ4n) is 4.26. The third-order valence-corrected chi connectivity index (χ3v) is 5.92. The van der Waals surface area contributed by atoms with E-state index in [1.165, 1.54) is 16.1 Å². The Morgan fingerprint density at radius 3 is 2.57 bits per heavy atom. The predicted octanol–water partition coefficient (Wildman–Crippen LogP) is 2.72. The molecule has 0 aliphatic carbocycles. The number of carboxylic acid groups (broad SMARTS) is 1. The van der Waals surface area contributed by atoms with Crippen LogP contribution in [0, 0.1) is 5.41 Å². The second kappa shape index (κ2) is 9.88. The van der Waals surface area contributed by atoms with Crippen molar-refractivity contribution < 1.29 is 28.6 Å². The van der Waals surface area contributed by atoms with E-state index < -0.39 is 36.5 Å². The smallest absolute Gasteiger partial charge is 0.315 e. The van der Waals surface area contributed by atoms with Gasteiger partial charge < -0.3 is 24.9 Å². The van der Waals surface area contributed by atoms with E-state index in [0.717, 1.165) is 0 Å². The Kier molecular flexibility index (Phi) is 6.72. The third-order valence-electron chi connectivity index (χ3n) is 5.92. The first kappa shape index (κ1) is 23.8. The highest BCUT2D eigenvalue weighted by molar-refractivity contribution is 6.35. The van der Waals surface area contributed by atoms with Gasteiger partial charge in [0, 0.05) is 23.1 Å². The lowest BCUT2D eigenvalue weighted by molar-refractivity contribution is -0.169. The average Bonchev–Trinajstić information content (AvgIpc) is 3.26. The number of piperazine rings is 1. The van der Waals surface area contributed by atoms with Crippen molar-refractivity contribution in [3.63, 3.8) is 0 Å². The summed E-state index contributed by atoms with van der Waals surface area (Å²) in [5, 5.41) is 17.8. The van der Waals surface area contributed by atoms with Gasteiger partial charge in [-0.3, -0.25) is 24.7 Å². The summed E-state index contributed by atoms with van der Waals surface area (Å²) in [6.07, 6.45) is 0.798. The van der Waals surface area contributed by atoms with Crippen LogP contribution in [0.5, 0.6) is 5.75 Å². The number of rotatable bonds is 9. The topological polar surface area (TPSA) is 150 Å². The van der Waals surface area contributed by atoms with Gasteiger partial charge in [0.15, 0.2) is 6.23 Å². The number of amidine groups is 1. The van der Waals surface area contributed by atoms with Crippen LogP contribution in [-0.4, -0.2) is 57.8 Å². The molecule has 2 atom stereocenters. The van der Waals surface area contributed by atoms with Crippen LogP contribution in [-0.2, 0) is 14.4 Å². The van der Waals surface area contributed by atoms with Crippen LogP contribution in [0.15, 0.2) is 59.2 Å². The minimum atomic E-state index is -1.12. The summed E-state index contributed by atoms with van der Waals surface area (Å²) < 4.78 is 11.7. The summed E-state index contributed by atoms with van der Waals surface area (Å²) in [7, 11) is 0. The summed E-state index contributed by atoms with van der Waals surface area (Å²) in [6, 6.07) is 12.7. The maximum absolute atomic E-state index is 13.2. The number of nitrogen functional groups attached to an aromatic ring is 1. The predicted molar refractivity (Wildman–Crippen MR) is 127 cm³/mol. The van der Waals surface area contributed by atoms with E-state index in [2.05, 4.69) is 0 Å². The number of benzene rings is 2. The Bertz CT molecular complexity index is 1270. The number of hydrogen-bond acceptors (Lipinski definition) is 6. The maximum atomic E-state index is 13.2. The van der Waals surface area contributed by atoms with Crippen LogP contribution in [0.3, 0.4) is 0 Å². The monoisotopic (exact) mass is 478 g/mol. The molecule has 0 spiro atoms. The molecule has 4 N–H and O–H groups in total. The fourth-order valence-corrected chi connectivity index (χ4v) is 4.26. The van der Waals surface area contributed by atoms with Gasteiger partial charge in [-0.15, -0.1) is 0 Å². The van der Waals surface area contributed by atoms with Crippen molar-refractivity contribution in [1.29, 1.82) is 5.41 Å². The molecule has 2 amide bonds. The van der Waals surface area contributed by atoms with Gasteiger partial charge in [-0.25, -0.2) is 0 Å². The molecule has 2 aromatic carbocycles. The van der Waals surface area contributed by atoms with E-state index in [1.807, 2.05) is 6.92 Å². The van der Waals surface area contributed by atoms with Gasteiger partial charge in [-0.2, -0.15) is 0 Å². The van der Waals surface area contributed by atoms with Gasteiger partial charge in [0.1, 0.15) is 17.2 Å². The molecule has 3 aromatic rings. The van der Waals surface area contributed by atoms with Gasteiger partial charge in [-0.05, 0) is 36.8 Å². The first-order chi connectivity index (χ1) is 16.8. The van der Waals surface area contributed by atoms with Crippen molar-refractivity contribution in [2.45, 2.75) is 32.0 Å². The number of aliphatic carboxylic acids is 1. The first-order valence-electron chi connectivity index (χ1n) is 11.2. The molecular formula is C25H26N4O6. The summed E-state index contributed by atoms with van der Waals surface area (Å²) in [4.78, 5) is 40.7. The van der Waals surface area contributed by atoms with E-state index in [9.17, 15) is 19.5 Å². The van der Waals surface area contributed by atoms with E-state index in [-0.39, 0.29) is 12.4 Å². The lowest BCUT2D eigenvalue weighted by atomic mass is 9.99. The lowest BCUT2D eigenvalue weighted by Crippen LogP contribution is -2.62. The maximum Gasteiger partial charge on any atom is 0.315 e. The molecule has 10 heteroatoms. The first-order valence-corrected chi connectivity index (χ1v) is 11.2. The molecule has 1 aliphatic heterocycles. The molecule has 1 saturated heterocycles. The summed E-state index contributed by atoms with van der Waals surface area (Å²) in [6.45, 7) is 2.15. The molecule has 0 bridgehead atoms. The average molecular weight is 479 g/mol. The van der Waals surface area contributed by atoms with Crippen LogP contribution in [0.2, 0.25) is 0 Å². The molecule has 10 nitrogen and oxygen atoms in total. The fraction of sp³-hybridized carbons (Fsp3) is 0.280. The molecule has 0 radical (unpaired) electrons. The highest BCUT2D eigenvalue weighted by Crippen LogP contribution is 2.34. The zero-order valence-electron chi connectivity index (χ0n) is 19.1. The number of carbonyl (C=O) groups excluding carboxylic acids is 2. The number of carbonyl (C=O) groups is 3. The minimum Gasteiger partial charge on any atom is -0.481 e. The largest absolute Gasteiger partial charge is 0.481 e. The number of carboxylic acids is 1. The molecule has 1 aliphatic rings. The number of fused-ring (bicyclic) bond motifs is 1. The van der Waals surface area contributed by atoms with Gasteiger partial charge in [0.25, 0.3) is 0 Å². The second-order valence-electron chi connectivity index (χ2n) is 8.27. The number of furan rings is 1. The number of hydrogen-bond donors (Lipinski definition) is 3. The highest BCUT2D eigenvalue weighted by atomic mass is 16.5. The highest BCUT2D eigenvalue weighted by Gasteiger charge is 2.44. The third kappa shape index (κ3) is 4.81. The normalized spacial score (nSPS) is 17.0. The van der Waals surface area contributed by atoms with Gasteiger partial charge in [0.05, 0.1) is 25.3 Å². The number of nitrogens with two attached hydrogens (primary N) is 1. The number of nitrogens with one attached hydrogen (secondary N) is 1. The standard InChI is InChI=1S/C25H26N4O6/c1-2-11-28-21(35-16-9-7-15(8-10-16)23(26)27)13-29(25(33)24(28)32)19(12-22(30)31)18-14-34-20-6-4-3-5-17(18)20/h3-10,14,19,21H,2,11-13H2,1H3,(H3,26,27)(H,30,31). The zero-order chi connectivity index (χ0) is 25.1. The van der Waals surface area contributed by atoms with Crippen molar-refractivity contribution >= 4 is 34.6 Å². The van der Waals surface area contributed by atoms with E-state index in [1.54, 1.807) is 48.5 Å². The molecule has 0 saturated carbocycles. The van der Waals surface area contributed by atoms with Crippen LogP contribution in [0.4, 0.5) is 0 Å². The molecule has 1 fully saturated rings. The summed E-state index contributed by atoms with van der Waals surface area (Å²) >= 11 is 0. The molecule has 1 aromatic heterocycles. The molecule has 2 unspecified atom stereocenters. The Hall–Kier alpha value is -4.34. The zero-order valence-corrected chi connectivity index (χ0v) is 19.1.